The van der Waals surface area contributed by atoms with Crippen LogP contribution in [-0.2, 0) is 35.8 Å². The Bertz CT molecular complexity index is 1650. The summed E-state index contributed by atoms with van der Waals surface area (Å²) in [6.45, 7) is 7.44. The smallest absolute Gasteiger partial charge is 0.335 e. The van der Waals surface area contributed by atoms with Crippen molar-refractivity contribution >= 4 is 33.9 Å². The minimum absolute atomic E-state index is 0.133. The maximum Gasteiger partial charge on any atom is 0.335 e. The normalized spacial score (nSPS) is 19.0. The van der Waals surface area contributed by atoms with Crippen molar-refractivity contribution in [2.75, 3.05) is 26.3 Å². The van der Waals surface area contributed by atoms with Gasteiger partial charge in [-0.1, -0.05) is 0 Å². The van der Waals surface area contributed by atoms with Crippen molar-refractivity contribution in [3.8, 4) is 5.88 Å². The molecule has 3 aromatic heterocycles. The number of nitrogens with zero attached hydrogens (tertiary/aromatic N) is 4. The molecule has 0 spiro atoms. The molecular formula is C31H32N4O5S. The number of rotatable bonds is 8. The monoisotopic (exact) mass is 572 g/mol. The maximum atomic E-state index is 11.7. The zero-order valence-electron chi connectivity index (χ0n) is 23.0. The molecule has 1 aromatic carbocycles. The Hall–Kier alpha value is -3.57. The number of fused-ring (bicyclic) bond motifs is 3. The maximum absolute atomic E-state index is 11.7. The van der Waals surface area contributed by atoms with Crippen molar-refractivity contribution in [2.24, 2.45) is 0 Å². The summed E-state index contributed by atoms with van der Waals surface area (Å²) in [5.74, 6) is 0.627. The summed E-state index contributed by atoms with van der Waals surface area (Å²) in [6.07, 6.45) is 2.00. The lowest BCUT2D eigenvalue weighted by Crippen LogP contribution is -2.35. The first-order chi connectivity index (χ1) is 20.0. The van der Waals surface area contributed by atoms with E-state index >= 15 is 0 Å². The number of aromatic carboxylic acids is 1. The minimum atomic E-state index is -0.936. The first-order valence-electron chi connectivity index (χ1n) is 14.0. The molecule has 212 valence electrons. The van der Waals surface area contributed by atoms with Crippen LogP contribution >= 0.6 is 11.3 Å². The van der Waals surface area contributed by atoms with Gasteiger partial charge in [0.1, 0.15) is 12.4 Å². The second kappa shape index (κ2) is 11.0. The SMILES string of the molecule is Cc1ccc(COc2ccc3c(n2)C2=C(COC3)CN(Cc3nc4ccc(C(=O)O)cc4n3C[C@@H]3CCO3)CC2)s1. The minimum Gasteiger partial charge on any atom is -0.478 e. The van der Waals surface area contributed by atoms with E-state index in [1.807, 2.05) is 6.07 Å². The highest BCUT2D eigenvalue weighted by molar-refractivity contribution is 7.11. The van der Waals surface area contributed by atoms with Crippen molar-refractivity contribution in [1.82, 2.24) is 19.4 Å². The van der Waals surface area contributed by atoms with Gasteiger partial charge in [0, 0.05) is 41.1 Å². The molecule has 3 aliphatic heterocycles. The van der Waals surface area contributed by atoms with Crippen LogP contribution in [0.25, 0.3) is 16.6 Å². The average Bonchev–Trinajstić information content (AvgIpc) is 3.46. The molecule has 6 heterocycles. The fourth-order valence-corrected chi connectivity index (χ4v) is 6.63. The van der Waals surface area contributed by atoms with Crippen LogP contribution in [-0.4, -0.2) is 62.9 Å². The van der Waals surface area contributed by atoms with E-state index in [0.717, 1.165) is 60.7 Å². The number of aromatic nitrogens is 3. The van der Waals surface area contributed by atoms with Gasteiger partial charge in [0.05, 0.1) is 54.7 Å². The summed E-state index contributed by atoms with van der Waals surface area (Å²) in [4.78, 5) is 26.4. The second-order valence-electron chi connectivity index (χ2n) is 10.9. The van der Waals surface area contributed by atoms with E-state index in [1.165, 1.54) is 20.9 Å². The number of carboxylic acid groups (broad SMARTS) is 1. The second-order valence-corrected chi connectivity index (χ2v) is 12.3. The highest BCUT2D eigenvalue weighted by atomic mass is 32.1. The van der Waals surface area contributed by atoms with Crippen molar-refractivity contribution < 1.29 is 24.1 Å². The van der Waals surface area contributed by atoms with Gasteiger partial charge in [0.15, 0.2) is 0 Å². The van der Waals surface area contributed by atoms with Gasteiger partial charge in [0.2, 0.25) is 5.88 Å². The number of hydrogen-bond donors (Lipinski definition) is 1. The largest absolute Gasteiger partial charge is 0.478 e. The Morgan fingerprint density at radius 3 is 2.85 bits per heavy atom. The van der Waals surface area contributed by atoms with Crippen LogP contribution < -0.4 is 4.74 Å². The summed E-state index contributed by atoms with van der Waals surface area (Å²) in [5, 5.41) is 9.55. The van der Waals surface area contributed by atoms with Crippen LogP contribution in [0.15, 0.2) is 48.0 Å². The summed E-state index contributed by atoms with van der Waals surface area (Å²) in [7, 11) is 0. The standard InChI is InChI=1S/C31H32N4O5S/c1-19-2-5-24(41-19)18-40-29-7-4-21-16-38-17-22-13-34(10-8-25(22)30(21)33-29)15-28-32-26-6-3-20(31(36)37)12-27(26)35(28)14-23-9-11-39-23/h2-7,12,23H,8-11,13-18H2,1H3,(H,36,37)/t23-/m0/s1. The summed E-state index contributed by atoms with van der Waals surface area (Å²) >= 11 is 1.74. The van der Waals surface area contributed by atoms with Gasteiger partial charge in [-0.15, -0.1) is 11.3 Å². The zero-order valence-corrected chi connectivity index (χ0v) is 23.8. The molecule has 0 saturated carbocycles. The van der Waals surface area contributed by atoms with E-state index in [-0.39, 0.29) is 11.7 Å². The van der Waals surface area contributed by atoms with Crippen LogP contribution in [0.4, 0.5) is 0 Å². The quantitative estimate of drug-likeness (QED) is 0.313. The number of imidazole rings is 1. The van der Waals surface area contributed by atoms with Crippen LogP contribution in [0.3, 0.4) is 0 Å². The van der Waals surface area contributed by atoms with E-state index in [4.69, 9.17) is 24.2 Å². The van der Waals surface area contributed by atoms with Gasteiger partial charge < -0.3 is 23.9 Å². The summed E-state index contributed by atoms with van der Waals surface area (Å²) in [5.41, 5.74) is 6.51. The van der Waals surface area contributed by atoms with Gasteiger partial charge in [-0.2, -0.15) is 0 Å². The van der Waals surface area contributed by atoms with Crippen molar-refractivity contribution in [1.29, 1.82) is 0 Å². The van der Waals surface area contributed by atoms with E-state index in [9.17, 15) is 9.90 Å². The van der Waals surface area contributed by atoms with Crippen molar-refractivity contribution in [3.05, 3.63) is 80.4 Å². The molecule has 0 unspecified atom stereocenters. The van der Waals surface area contributed by atoms with Gasteiger partial charge >= 0.3 is 5.97 Å². The molecular weight excluding hydrogens is 540 g/mol. The molecule has 1 fully saturated rings. The van der Waals surface area contributed by atoms with Gasteiger partial charge in [-0.25, -0.2) is 14.8 Å². The topological polar surface area (TPSA) is 98.9 Å². The lowest BCUT2D eigenvalue weighted by molar-refractivity contribution is -0.0592. The van der Waals surface area contributed by atoms with Crippen LogP contribution in [0.2, 0.25) is 0 Å². The molecule has 0 aliphatic carbocycles. The first-order valence-corrected chi connectivity index (χ1v) is 14.9. The Balaban J connectivity index is 1.13. The van der Waals surface area contributed by atoms with Crippen molar-refractivity contribution in [2.45, 2.75) is 52.2 Å². The fraction of sp³-hybridized carbons (Fsp3) is 0.387. The number of hydrogen-bond acceptors (Lipinski definition) is 8. The number of carboxylic acids is 1. The molecule has 3 aliphatic rings. The number of ether oxygens (including phenoxy) is 3. The lowest BCUT2D eigenvalue weighted by Gasteiger charge is -2.31. The summed E-state index contributed by atoms with van der Waals surface area (Å²) in [6, 6.07) is 13.4. The molecule has 1 saturated heterocycles. The highest BCUT2D eigenvalue weighted by Crippen LogP contribution is 2.34. The Labute approximate surface area is 242 Å². The third-order valence-corrected chi connectivity index (χ3v) is 9.04. The van der Waals surface area contributed by atoms with Crippen LogP contribution in [0.5, 0.6) is 5.88 Å². The van der Waals surface area contributed by atoms with E-state index < -0.39 is 5.97 Å². The molecule has 4 aromatic rings. The number of pyridine rings is 1. The predicted octanol–water partition coefficient (Wildman–Crippen LogP) is 5.06. The van der Waals surface area contributed by atoms with E-state index in [2.05, 4.69) is 34.6 Å². The highest BCUT2D eigenvalue weighted by Gasteiger charge is 2.28. The first kappa shape index (κ1) is 26.3. The van der Waals surface area contributed by atoms with Crippen LogP contribution in [0, 0.1) is 6.92 Å². The number of carbonyl (C=O) groups is 1. The Morgan fingerprint density at radius 1 is 1.17 bits per heavy atom. The molecule has 1 N–H and O–H groups in total. The molecule has 1 atom stereocenters. The summed E-state index contributed by atoms with van der Waals surface area (Å²) < 4.78 is 20.0. The molecule has 0 bridgehead atoms. The Kier molecular flexibility index (Phi) is 7.08. The predicted molar refractivity (Wildman–Crippen MR) is 155 cm³/mol. The third-order valence-electron chi connectivity index (χ3n) is 8.07. The zero-order chi connectivity index (χ0) is 27.9. The Morgan fingerprint density at radius 2 is 2.07 bits per heavy atom. The van der Waals surface area contributed by atoms with Gasteiger partial charge in [-0.3, -0.25) is 4.90 Å². The molecule has 0 amide bonds. The molecule has 9 nitrogen and oxygen atoms in total. The van der Waals surface area contributed by atoms with Crippen LogP contribution in [0.1, 0.15) is 50.0 Å². The van der Waals surface area contributed by atoms with E-state index in [0.29, 0.717) is 38.8 Å². The fourth-order valence-electron chi connectivity index (χ4n) is 5.83. The number of benzene rings is 1. The number of aryl methyl sites for hydroxylation is 1. The number of thiophene rings is 1. The molecule has 41 heavy (non-hydrogen) atoms. The molecule has 0 radical (unpaired) electrons. The molecule has 10 heteroatoms. The lowest BCUT2D eigenvalue weighted by atomic mass is 9.95. The third kappa shape index (κ3) is 5.40. The van der Waals surface area contributed by atoms with Gasteiger partial charge in [-0.05, 0) is 67.3 Å². The van der Waals surface area contributed by atoms with E-state index in [1.54, 1.807) is 29.5 Å². The van der Waals surface area contributed by atoms with Crippen molar-refractivity contribution in [3.63, 3.8) is 0 Å². The van der Waals surface area contributed by atoms with Gasteiger partial charge in [0.25, 0.3) is 0 Å². The molecule has 7 rings (SSSR count). The average molecular weight is 573 g/mol.